The zero-order chi connectivity index (χ0) is 15.6. The van der Waals surface area contributed by atoms with Crippen molar-refractivity contribution in [3.63, 3.8) is 0 Å². The van der Waals surface area contributed by atoms with Crippen LogP contribution in [0.5, 0.6) is 0 Å². The summed E-state index contributed by atoms with van der Waals surface area (Å²) in [6.45, 7) is 4.61. The van der Waals surface area contributed by atoms with Gasteiger partial charge >= 0.3 is 12.0 Å². The quantitative estimate of drug-likeness (QED) is 0.881. The van der Waals surface area contributed by atoms with Gasteiger partial charge in [0.2, 0.25) is 0 Å². The lowest BCUT2D eigenvalue weighted by Gasteiger charge is -2.37. The Morgan fingerprint density at radius 2 is 2.14 bits per heavy atom. The van der Waals surface area contributed by atoms with E-state index >= 15 is 0 Å². The number of carboxylic acid groups (broad SMARTS) is 1. The smallest absolute Gasteiger partial charge is 0.337 e. The topological polar surface area (TPSA) is 69.6 Å². The average Bonchev–Trinajstić information content (AvgIpc) is 2.43. The Kier molecular flexibility index (Phi) is 4.72. The average molecular weight is 312 g/mol. The third-order valence-corrected chi connectivity index (χ3v) is 4.94. The molecule has 0 saturated carbocycles. The highest BCUT2D eigenvalue weighted by Gasteiger charge is 2.29. The standard InChI is InChI=1S/C14H17FN2O3S/c1-8-9(2)21-6-5-17(8)14(20)16-12-4-3-10(15)7-11(12)13(18)19/h3-4,7-9H,5-6H2,1-2H3,(H,16,20)(H,18,19). The predicted molar refractivity (Wildman–Crippen MR) is 80.5 cm³/mol. The van der Waals surface area contributed by atoms with Crippen LogP contribution < -0.4 is 5.32 Å². The van der Waals surface area contributed by atoms with Crippen molar-refractivity contribution in [3.05, 3.63) is 29.6 Å². The second kappa shape index (κ2) is 6.34. The molecule has 0 bridgehead atoms. The summed E-state index contributed by atoms with van der Waals surface area (Å²) in [6.07, 6.45) is 0. The van der Waals surface area contributed by atoms with Gasteiger partial charge in [-0.15, -0.1) is 0 Å². The molecule has 114 valence electrons. The highest BCUT2D eigenvalue weighted by molar-refractivity contribution is 8.00. The van der Waals surface area contributed by atoms with Gasteiger partial charge in [0.15, 0.2) is 0 Å². The number of hydrogen-bond donors (Lipinski definition) is 2. The van der Waals surface area contributed by atoms with Crippen LogP contribution in [0.1, 0.15) is 24.2 Å². The summed E-state index contributed by atoms with van der Waals surface area (Å²) in [5.74, 6) is -1.09. The molecule has 1 saturated heterocycles. The van der Waals surface area contributed by atoms with Crippen LogP contribution in [0.25, 0.3) is 0 Å². The molecule has 0 aliphatic carbocycles. The molecule has 5 nitrogen and oxygen atoms in total. The van der Waals surface area contributed by atoms with E-state index in [0.717, 1.165) is 17.9 Å². The fourth-order valence-corrected chi connectivity index (χ4v) is 3.31. The number of carboxylic acids is 1. The van der Waals surface area contributed by atoms with Crippen molar-refractivity contribution in [3.8, 4) is 0 Å². The summed E-state index contributed by atoms with van der Waals surface area (Å²) in [5, 5.41) is 12.0. The lowest BCUT2D eigenvalue weighted by molar-refractivity contribution is 0.0697. The molecule has 2 unspecified atom stereocenters. The van der Waals surface area contributed by atoms with Crippen LogP contribution in [-0.4, -0.2) is 45.6 Å². The number of urea groups is 1. The normalized spacial score (nSPS) is 22.0. The third kappa shape index (κ3) is 3.47. The Bertz CT molecular complexity index is 567. The van der Waals surface area contributed by atoms with Gasteiger partial charge in [-0.25, -0.2) is 14.0 Å². The molecule has 1 aromatic rings. The highest BCUT2D eigenvalue weighted by atomic mass is 32.2. The molecule has 0 aromatic heterocycles. The number of carbonyl (C=O) groups is 2. The first-order chi connectivity index (χ1) is 9.90. The number of rotatable bonds is 2. The Morgan fingerprint density at radius 1 is 1.43 bits per heavy atom. The fourth-order valence-electron chi connectivity index (χ4n) is 2.21. The molecule has 7 heteroatoms. The van der Waals surface area contributed by atoms with Crippen molar-refractivity contribution in [1.29, 1.82) is 0 Å². The Balaban J connectivity index is 2.18. The van der Waals surface area contributed by atoms with E-state index in [1.165, 1.54) is 6.07 Å². The number of nitrogens with zero attached hydrogens (tertiary/aromatic N) is 1. The van der Waals surface area contributed by atoms with E-state index < -0.39 is 11.8 Å². The molecule has 2 rings (SSSR count). The molecule has 1 aliphatic heterocycles. The summed E-state index contributed by atoms with van der Waals surface area (Å²) in [4.78, 5) is 25.1. The molecule has 21 heavy (non-hydrogen) atoms. The maximum absolute atomic E-state index is 13.1. The molecule has 1 aromatic carbocycles. The molecule has 2 atom stereocenters. The van der Waals surface area contributed by atoms with Crippen LogP contribution >= 0.6 is 11.8 Å². The minimum atomic E-state index is -1.28. The third-order valence-electron chi connectivity index (χ3n) is 3.60. The number of thioether (sulfide) groups is 1. The summed E-state index contributed by atoms with van der Waals surface area (Å²) in [6, 6.07) is 2.99. The van der Waals surface area contributed by atoms with Crippen LogP contribution in [0.15, 0.2) is 18.2 Å². The SMILES string of the molecule is CC1SCCN(C(=O)Nc2ccc(F)cc2C(=O)O)C1C. The van der Waals surface area contributed by atoms with E-state index in [4.69, 9.17) is 5.11 Å². The molecule has 0 radical (unpaired) electrons. The highest BCUT2D eigenvalue weighted by Crippen LogP contribution is 2.25. The molecular formula is C14H17FN2O3S. The maximum Gasteiger partial charge on any atom is 0.337 e. The van der Waals surface area contributed by atoms with Crippen molar-refractivity contribution in [2.75, 3.05) is 17.6 Å². The second-order valence-corrected chi connectivity index (χ2v) is 6.42. The molecule has 2 amide bonds. The van der Waals surface area contributed by atoms with Crippen LogP contribution in [0.2, 0.25) is 0 Å². The Labute approximate surface area is 126 Å². The van der Waals surface area contributed by atoms with E-state index in [1.54, 1.807) is 16.7 Å². The van der Waals surface area contributed by atoms with Gasteiger partial charge in [-0.3, -0.25) is 0 Å². The summed E-state index contributed by atoms with van der Waals surface area (Å²) >= 11 is 1.80. The monoisotopic (exact) mass is 312 g/mol. The number of nitrogens with one attached hydrogen (secondary N) is 1. The lowest BCUT2D eigenvalue weighted by atomic mass is 10.1. The van der Waals surface area contributed by atoms with Crippen LogP contribution in [0, 0.1) is 5.82 Å². The lowest BCUT2D eigenvalue weighted by Crippen LogP contribution is -2.49. The predicted octanol–water partition coefficient (Wildman–Crippen LogP) is 2.88. The summed E-state index contributed by atoms with van der Waals surface area (Å²) in [5.41, 5.74) is -0.151. The number of carbonyl (C=O) groups excluding carboxylic acids is 1. The Morgan fingerprint density at radius 3 is 2.81 bits per heavy atom. The molecule has 0 spiro atoms. The van der Waals surface area contributed by atoms with Crippen LogP contribution in [0.4, 0.5) is 14.9 Å². The van der Waals surface area contributed by atoms with Gasteiger partial charge in [-0.05, 0) is 25.1 Å². The van der Waals surface area contributed by atoms with Gasteiger partial charge in [0.1, 0.15) is 5.82 Å². The minimum absolute atomic E-state index is 0.0532. The van der Waals surface area contributed by atoms with Gasteiger partial charge in [0.25, 0.3) is 0 Å². The first-order valence-corrected chi connectivity index (χ1v) is 7.67. The minimum Gasteiger partial charge on any atom is -0.478 e. The van der Waals surface area contributed by atoms with Crippen molar-refractivity contribution in [2.45, 2.75) is 25.1 Å². The summed E-state index contributed by atoms with van der Waals surface area (Å²) < 4.78 is 13.1. The molecular weight excluding hydrogens is 295 g/mol. The Hall–Kier alpha value is -1.76. The van der Waals surface area contributed by atoms with Crippen molar-refractivity contribution in [1.82, 2.24) is 4.90 Å². The first-order valence-electron chi connectivity index (χ1n) is 6.62. The zero-order valence-electron chi connectivity index (χ0n) is 11.8. The molecule has 1 heterocycles. The second-order valence-electron chi connectivity index (χ2n) is 4.94. The fraction of sp³-hybridized carbons (Fsp3) is 0.429. The van der Waals surface area contributed by atoms with E-state index in [-0.39, 0.29) is 23.3 Å². The van der Waals surface area contributed by atoms with Gasteiger partial charge in [0, 0.05) is 23.6 Å². The van der Waals surface area contributed by atoms with Crippen LogP contribution in [0.3, 0.4) is 0 Å². The largest absolute Gasteiger partial charge is 0.478 e. The van der Waals surface area contributed by atoms with E-state index in [1.807, 2.05) is 6.92 Å². The first kappa shape index (κ1) is 15.6. The summed E-state index contributed by atoms with van der Waals surface area (Å²) in [7, 11) is 0. The van der Waals surface area contributed by atoms with E-state index in [2.05, 4.69) is 12.2 Å². The molecule has 1 fully saturated rings. The van der Waals surface area contributed by atoms with Gasteiger partial charge in [-0.1, -0.05) is 6.92 Å². The maximum atomic E-state index is 13.1. The number of hydrogen-bond acceptors (Lipinski definition) is 3. The van der Waals surface area contributed by atoms with Crippen molar-refractivity contribution >= 4 is 29.4 Å². The molecule has 1 aliphatic rings. The number of amides is 2. The van der Waals surface area contributed by atoms with Crippen molar-refractivity contribution < 1.29 is 19.1 Å². The van der Waals surface area contributed by atoms with Crippen molar-refractivity contribution in [2.24, 2.45) is 0 Å². The van der Waals surface area contributed by atoms with Gasteiger partial charge in [0.05, 0.1) is 11.3 Å². The number of benzene rings is 1. The molecule has 2 N–H and O–H groups in total. The number of halogens is 1. The van der Waals surface area contributed by atoms with Crippen LogP contribution in [-0.2, 0) is 0 Å². The van der Waals surface area contributed by atoms with Gasteiger partial charge < -0.3 is 15.3 Å². The number of aromatic carboxylic acids is 1. The van der Waals surface area contributed by atoms with Gasteiger partial charge in [-0.2, -0.15) is 11.8 Å². The zero-order valence-corrected chi connectivity index (χ0v) is 12.6. The van der Waals surface area contributed by atoms with E-state index in [9.17, 15) is 14.0 Å². The number of anilines is 1. The van der Waals surface area contributed by atoms with E-state index in [0.29, 0.717) is 11.8 Å².